The van der Waals surface area contributed by atoms with Gasteiger partial charge in [0.05, 0.1) is 12.7 Å². The molecule has 2 rings (SSSR count). The third-order valence-electron chi connectivity index (χ3n) is 5.56. The Kier molecular flexibility index (Phi) is 3.44. The van der Waals surface area contributed by atoms with Gasteiger partial charge in [-0.2, -0.15) is 0 Å². The Morgan fingerprint density at radius 3 is 2.50 bits per heavy atom. The minimum atomic E-state index is 0.420. The third-order valence-corrected chi connectivity index (χ3v) is 6.66. The molecule has 2 saturated carbocycles. The standard InChI is InChI=1S/C14H25BrO/c1-10(8-15)9-16-12-7-11-5-6-14(12,4)13(11,2)3/h10-12H,5-9H2,1-4H3. The van der Waals surface area contributed by atoms with Gasteiger partial charge in [0, 0.05) is 5.33 Å². The topological polar surface area (TPSA) is 9.23 Å². The summed E-state index contributed by atoms with van der Waals surface area (Å²) in [7, 11) is 0. The van der Waals surface area contributed by atoms with Gasteiger partial charge in [-0.1, -0.05) is 43.6 Å². The van der Waals surface area contributed by atoms with E-state index in [1.165, 1.54) is 19.3 Å². The highest BCUT2D eigenvalue weighted by Crippen LogP contribution is 2.66. The summed E-state index contributed by atoms with van der Waals surface area (Å²) < 4.78 is 6.20. The van der Waals surface area contributed by atoms with Crippen LogP contribution in [0.2, 0.25) is 0 Å². The SMILES string of the molecule is CC(CBr)COC1CC2CCC1(C)C2(C)C. The molecule has 2 bridgehead atoms. The van der Waals surface area contributed by atoms with E-state index in [1.54, 1.807) is 0 Å². The van der Waals surface area contributed by atoms with Crippen molar-refractivity contribution in [2.45, 2.75) is 53.1 Å². The zero-order chi connectivity index (χ0) is 12.0. The molecule has 2 heteroatoms. The summed E-state index contributed by atoms with van der Waals surface area (Å²) in [6.45, 7) is 10.5. The Hall–Kier alpha value is 0.440. The molecule has 4 unspecified atom stereocenters. The van der Waals surface area contributed by atoms with Gasteiger partial charge in [0.2, 0.25) is 0 Å². The Balaban J connectivity index is 1.99. The molecule has 1 nitrogen and oxygen atoms in total. The van der Waals surface area contributed by atoms with Crippen molar-refractivity contribution in [3.8, 4) is 0 Å². The lowest BCUT2D eigenvalue weighted by molar-refractivity contribution is -0.0547. The predicted octanol–water partition coefficient (Wildman–Crippen LogP) is 4.25. The molecule has 16 heavy (non-hydrogen) atoms. The molecule has 0 amide bonds. The average Bonchev–Trinajstić information content (AvgIpc) is 2.58. The van der Waals surface area contributed by atoms with E-state index in [-0.39, 0.29) is 0 Å². The minimum absolute atomic E-state index is 0.420. The summed E-state index contributed by atoms with van der Waals surface area (Å²) in [5.74, 6) is 1.52. The number of halogens is 1. The molecular formula is C14H25BrO. The van der Waals surface area contributed by atoms with Gasteiger partial charge in [-0.25, -0.2) is 0 Å². The summed E-state index contributed by atoms with van der Waals surface area (Å²) in [6, 6.07) is 0. The van der Waals surface area contributed by atoms with Gasteiger partial charge in [0.25, 0.3) is 0 Å². The monoisotopic (exact) mass is 288 g/mol. The van der Waals surface area contributed by atoms with E-state index in [0.29, 0.717) is 22.9 Å². The van der Waals surface area contributed by atoms with E-state index >= 15 is 0 Å². The van der Waals surface area contributed by atoms with Crippen molar-refractivity contribution in [3.05, 3.63) is 0 Å². The fourth-order valence-corrected chi connectivity index (χ4v) is 3.89. The summed E-state index contributed by atoms with van der Waals surface area (Å²) in [5, 5.41) is 1.04. The quantitative estimate of drug-likeness (QED) is 0.703. The zero-order valence-electron chi connectivity index (χ0n) is 11.1. The third kappa shape index (κ3) is 1.77. The van der Waals surface area contributed by atoms with Gasteiger partial charge in [-0.3, -0.25) is 0 Å². The van der Waals surface area contributed by atoms with Crippen LogP contribution in [0, 0.1) is 22.7 Å². The fraction of sp³-hybridized carbons (Fsp3) is 1.00. The normalized spacial score (nSPS) is 42.6. The van der Waals surface area contributed by atoms with Crippen LogP contribution in [0.3, 0.4) is 0 Å². The summed E-state index contributed by atoms with van der Waals surface area (Å²) in [5.41, 5.74) is 0.902. The van der Waals surface area contributed by atoms with E-state index in [1.807, 2.05) is 0 Å². The van der Waals surface area contributed by atoms with Crippen molar-refractivity contribution in [2.75, 3.05) is 11.9 Å². The second kappa shape index (κ2) is 4.28. The van der Waals surface area contributed by atoms with Crippen molar-refractivity contribution in [1.29, 1.82) is 0 Å². The molecule has 94 valence electrons. The van der Waals surface area contributed by atoms with Crippen LogP contribution < -0.4 is 0 Å². The maximum absolute atomic E-state index is 6.20. The average molecular weight is 289 g/mol. The van der Waals surface area contributed by atoms with Gasteiger partial charge < -0.3 is 4.74 Å². The fourth-order valence-electron chi connectivity index (χ4n) is 3.71. The van der Waals surface area contributed by atoms with Gasteiger partial charge >= 0.3 is 0 Å². The van der Waals surface area contributed by atoms with Crippen molar-refractivity contribution in [1.82, 2.24) is 0 Å². The number of hydrogen-bond donors (Lipinski definition) is 0. The van der Waals surface area contributed by atoms with Crippen LogP contribution in [-0.4, -0.2) is 18.0 Å². The van der Waals surface area contributed by atoms with Crippen LogP contribution in [0.25, 0.3) is 0 Å². The Morgan fingerprint density at radius 2 is 2.06 bits per heavy atom. The molecule has 0 saturated heterocycles. The van der Waals surface area contributed by atoms with Crippen LogP contribution in [0.15, 0.2) is 0 Å². The van der Waals surface area contributed by atoms with Crippen molar-refractivity contribution >= 4 is 15.9 Å². The van der Waals surface area contributed by atoms with Crippen LogP contribution >= 0.6 is 15.9 Å². The molecule has 0 aromatic heterocycles. The summed E-state index contributed by atoms with van der Waals surface area (Å²) in [4.78, 5) is 0. The predicted molar refractivity (Wildman–Crippen MR) is 71.9 cm³/mol. The molecule has 0 radical (unpaired) electrons. The number of hydrogen-bond acceptors (Lipinski definition) is 1. The molecular weight excluding hydrogens is 264 g/mol. The molecule has 2 fully saturated rings. The Bertz CT molecular complexity index is 263. The van der Waals surface area contributed by atoms with Crippen molar-refractivity contribution < 1.29 is 4.74 Å². The van der Waals surface area contributed by atoms with E-state index in [0.717, 1.165) is 17.9 Å². The van der Waals surface area contributed by atoms with Crippen LogP contribution in [0.1, 0.15) is 47.0 Å². The van der Waals surface area contributed by atoms with Gasteiger partial charge in [-0.05, 0) is 41.9 Å². The van der Waals surface area contributed by atoms with Crippen LogP contribution in [0.4, 0.5) is 0 Å². The van der Waals surface area contributed by atoms with Crippen LogP contribution in [0.5, 0.6) is 0 Å². The number of fused-ring (bicyclic) bond motifs is 2. The van der Waals surface area contributed by atoms with Gasteiger partial charge in [0.1, 0.15) is 0 Å². The highest BCUT2D eigenvalue weighted by molar-refractivity contribution is 9.09. The first kappa shape index (κ1) is 12.9. The highest BCUT2D eigenvalue weighted by Gasteiger charge is 2.61. The van der Waals surface area contributed by atoms with Gasteiger partial charge in [0.15, 0.2) is 0 Å². The van der Waals surface area contributed by atoms with E-state index < -0.39 is 0 Å². The number of alkyl halides is 1. The molecule has 0 N–H and O–H groups in total. The first-order valence-corrected chi connectivity index (χ1v) is 7.71. The van der Waals surface area contributed by atoms with Crippen molar-refractivity contribution in [2.24, 2.45) is 22.7 Å². The molecule has 4 atom stereocenters. The smallest absolute Gasteiger partial charge is 0.0636 e. The number of rotatable bonds is 4. The molecule has 0 spiro atoms. The lowest BCUT2D eigenvalue weighted by Crippen LogP contribution is -2.37. The van der Waals surface area contributed by atoms with E-state index in [9.17, 15) is 0 Å². The lowest BCUT2D eigenvalue weighted by atomic mass is 9.70. The molecule has 2 aliphatic rings. The molecule has 0 aromatic carbocycles. The first-order valence-electron chi connectivity index (χ1n) is 6.59. The maximum atomic E-state index is 6.20. The molecule has 0 aromatic rings. The van der Waals surface area contributed by atoms with Crippen molar-refractivity contribution in [3.63, 3.8) is 0 Å². The van der Waals surface area contributed by atoms with Gasteiger partial charge in [-0.15, -0.1) is 0 Å². The Morgan fingerprint density at radius 1 is 1.38 bits per heavy atom. The van der Waals surface area contributed by atoms with E-state index in [4.69, 9.17) is 4.74 Å². The zero-order valence-corrected chi connectivity index (χ0v) is 12.6. The first-order chi connectivity index (χ1) is 7.41. The molecule has 2 aliphatic carbocycles. The molecule has 0 aliphatic heterocycles. The Labute approximate surface area is 108 Å². The highest BCUT2D eigenvalue weighted by atomic mass is 79.9. The molecule has 0 heterocycles. The second-order valence-electron chi connectivity index (χ2n) is 6.69. The summed E-state index contributed by atoms with van der Waals surface area (Å²) in [6.07, 6.45) is 4.57. The summed E-state index contributed by atoms with van der Waals surface area (Å²) >= 11 is 3.52. The minimum Gasteiger partial charge on any atom is -0.377 e. The lowest BCUT2D eigenvalue weighted by Gasteiger charge is -2.39. The second-order valence-corrected chi connectivity index (χ2v) is 7.34. The number of ether oxygens (including phenoxy) is 1. The maximum Gasteiger partial charge on any atom is 0.0636 e. The van der Waals surface area contributed by atoms with E-state index in [2.05, 4.69) is 43.6 Å². The van der Waals surface area contributed by atoms with Crippen LogP contribution in [-0.2, 0) is 4.74 Å². The largest absolute Gasteiger partial charge is 0.377 e.